The number of urea groups is 1. The lowest BCUT2D eigenvalue weighted by Gasteiger charge is -2.14. The second-order valence-corrected chi connectivity index (χ2v) is 7.54. The largest absolute Gasteiger partial charge is 0.489 e. The van der Waals surface area contributed by atoms with Gasteiger partial charge in [-0.15, -0.1) is 0 Å². The van der Waals surface area contributed by atoms with Gasteiger partial charge in [-0.25, -0.2) is 9.48 Å². The average Bonchev–Trinajstić information content (AvgIpc) is 2.99. The minimum atomic E-state index is -0.276. The zero-order valence-electron chi connectivity index (χ0n) is 15.8. The van der Waals surface area contributed by atoms with Gasteiger partial charge in [-0.2, -0.15) is 5.10 Å². The summed E-state index contributed by atoms with van der Waals surface area (Å²) in [5.74, 6) is 0.645. The first-order valence-corrected chi connectivity index (χ1v) is 10.1. The first-order valence-electron chi connectivity index (χ1n) is 9.33. The quantitative estimate of drug-likeness (QED) is 0.614. The fourth-order valence-corrected chi connectivity index (χ4v) is 3.76. The third-order valence-corrected chi connectivity index (χ3v) is 5.38. The van der Waals surface area contributed by atoms with Gasteiger partial charge >= 0.3 is 6.03 Å². The van der Waals surface area contributed by atoms with Crippen LogP contribution >= 0.6 is 23.2 Å². The van der Waals surface area contributed by atoms with E-state index in [-0.39, 0.29) is 12.1 Å². The number of nitrogens with one attached hydrogen (secondary N) is 2. The van der Waals surface area contributed by atoms with Crippen molar-refractivity contribution < 1.29 is 9.53 Å². The molecule has 4 rings (SSSR count). The fraction of sp³-hybridized carbons (Fsp3) is 0.238. The lowest BCUT2D eigenvalue weighted by Crippen LogP contribution is -2.35. The molecule has 0 saturated carbocycles. The normalized spacial score (nSPS) is 15.8. The summed E-state index contributed by atoms with van der Waals surface area (Å²) in [6.45, 7) is 0.535. The van der Waals surface area contributed by atoms with E-state index in [1.165, 1.54) is 0 Å². The number of carbonyl (C=O) groups is 1. The maximum absolute atomic E-state index is 12.0. The lowest BCUT2D eigenvalue weighted by molar-refractivity contribution is 0.238. The Morgan fingerprint density at radius 1 is 1.17 bits per heavy atom. The summed E-state index contributed by atoms with van der Waals surface area (Å²) in [7, 11) is 1.59. The van der Waals surface area contributed by atoms with Crippen LogP contribution in [0.3, 0.4) is 0 Å². The Hall–Kier alpha value is -2.70. The molecule has 2 amide bonds. The number of fused-ring (bicyclic) bond motifs is 1. The van der Waals surface area contributed by atoms with E-state index in [4.69, 9.17) is 33.0 Å². The van der Waals surface area contributed by atoms with Crippen LogP contribution in [0.2, 0.25) is 10.0 Å². The molecule has 2 heterocycles. The lowest BCUT2D eigenvalue weighted by atomic mass is 10.1. The number of hydrogen-bond donors (Lipinski definition) is 2. The van der Waals surface area contributed by atoms with Gasteiger partial charge in [0.1, 0.15) is 11.4 Å². The Kier molecular flexibility index (Phi) is 5.65. The van der Waals surface area contributed by atoms with Crippen LogP contribution in [0.25, 0.3) is 16.9 Å². The maximum atomic E-state index is 12.0. The predicted octanol–water partition coefficient (Wildman–Crippen LogP) is 4.99. The number of carbonyl (C=O) groups excluding carboxylic acids is 1. The number of amides is 2. The van der Waals surface area contributed by atoms with Gasteiger partial charge in [-0.05, 0) is 37.1 Å². The number of aromatic nitrogens is 2. The fourth-order valence-electron chi connectivity index (χ4n) is 3.42. The molecule has 0 saturated heterocycles. The van der Waals surface area contributed by atoms with E-state index in [0.717, 1.165) is 29.8 Å². The van der Waals surface area contributed by atoms with E-state index in [1.54, 1.807) is 11.7 Å². The molecule has 1 aliphatic heterocycles. The summed E-state index contributed by atoms with van der Waals surface area (Å²) in [6, 6.07) is 14.4. The van der Waals surface area contributed by atoms with Gasteiger partial charge in [-0.3, -0.25) is 0 Å². The molecule has 1 aliphatic rings. The van der Waals surface area contributed by atoms with Crippen LogP contribution in [-0.2, 0) is 0 Å². The molecule has 2 N–H and O–H groups in total. The molecule has 150 valence electrons. The Labute approximate surface area is 178 Å². The molecule has 1 aromatic heterocycles. The standard InChI is InChI=1S/C21H20Cl2N4O2/c1-24-21(28)25-16-6-4-12-29-20-18(16)26-27(17-7-3-2-5-15(17)23)19(20)13-8-10-14(22)11-9-13/h2-3,5,7-11,16H,4,6,12H2,1H3,(H2,24,25,28). The number of benzene rings is 2. The summed E-state index contributed by atoms with van der Waals surface area (Å²) in [5, 5.41) is 11.6. The molecule has 0 bridgehead atoms. The molecular formula is C21H20Cl2N4O2. The predicted molar refractivity (Wildman–Crippen MR) is 114 cm³/mol. The number of halogens is 2. The molecular weight excluding hydrogens is 411 g/mol. The Morgan fingerprint density at radius 2 is 1.93 bits per heavy atom. The van der Waals surface area contributed by atoms with Crippen molar-refractivity contribution in [1.29, 1.82) is 0 Å². The third-order valence-electron chi connectivity index (χ3n) is 4.81. The average molecular weight is 431 g/mol. The molecule has 0 aliphatic carbocycles. The topological polar surface area (TPSA) is 68.2 Å². The summed E-state index contributed by atoms with van der Waals surface area (Å²) >= 11 is 12.6. The Balaban J connectivity index is 1.93. The molecule has 0 radical (unpaired) electrons. The van der Waals surface area contributed by atoms with Crippen molar-refractivity contribution in [1.82, 2.24) is 20.4 Å². The molecule has 0 fully saturated rings. The number of para-hydroxylation sites is 1. The van der Waals surface area contributed by atoms with Crippen LogP contribution in [0.1, 0.15) is 24.6 Å². The van der Waals surface area contributed by atoms with Crippen LogP contribution in [-0.4, -0.2) is 29.5 Å². The minimum absolute atomic E-state index is 0.261. The highest BCUT2D eigenvalue weighted by molar-refractivity contribution is 6.32. The van der Waals surface area contributed by atoms with Crippen molar-refractivity contribution in [2.24, 2.45) is 0 Å². The molecule has 0 spiro atoms. The van der Waals surface area contributed by atoms with E-state index in [0.29, 0.717) is 28.1 Å². The van der Waals surface area contributed by atoms with E-state index in [1.807, 2.05) is 48.5 Å². The maximum Gasteiger partial charge on any atom is 0.315 e. The van der Waals surface area contributed by atoms with Gasteiger partial charge in [0.25, 0.3) is 0 Å². The highest BCUT2D eigenvalue weighted by atomic mass is 35.5. The minimum Gasteiger partial charge on any atom is -0.489 e. The zero-order valence-corrected chi connectivity index (χ0v) is 17.3. The molecule has 2 aromatic carbocycles. The first kappa shape index (κ1) is 19.6. The van der Waals surface area contributed by atoms with Gasteiger partial charge in [-0.1, -0.05) is 47.5 Å². The van der Waals surface area contributed by atoms with Crippen molar-refractivity contribution in [2.45, 2.75) is 18.9 Å². The number of nitrogens with zero attached hydrogens (tertiary/aromatic N) is 2. The van der Waals surface area contributed by atoms with Crippen LogP contribution in [0.15, 0.2) is 48.5 Å². The second kappa shape index (κ2) is 8.35. The van der Waals surface area contributed by atoms with E-state index in [9.17, 15) is 4.79 Å². The number of ether oxygens (including phenoxy) is 1. The van der Waals surface area contributed by atoms with Gasteiger partial charge in [0, 0.05) is 17.6 Å². The van der Waals surface area contributed by atoms with E-state index in [2.05, 4.69) is 10.6 Å². The van der Waals surface area contributed by atoms with Crippen molar-refractivity contribution in [3.8, 4) is 22.7 Å². The molecule has 29 heavy (non-hydrogen) atoms. The molecule has 1 unspecified atom stereocenters. The van der Waals surface area contributed by atoms with Crippen molar-refractivity contribution in [3.63, 3.8) is 0 Å². The zero-order chi connectivity index (χ0) is 20.4. The smallest absolute Gasteiger partial charge is 0.315 e. The van der Waals surface area contributed by atoms with Crippen molar-refractivity contribution >= 4 is 29.2 Å². The van der Waals surface area contributed by atoms with Crippen molar-refractivity contribution in [2.75, 3.05) is 13.7 Å². The van der Waals surface area contributed by atoms with Crippen molar-refractivity contribution in [3.05, 3.63) is 64.3 Å². The SMILES string of the molecule is CNC(=O)NC1CCCOc2c1nn(-c1ccccc1Cl)c2-c1ccc(Cl)cc1. The summed E-state index contributed by atoms with van der Waals surface area (Å²) in [6.07, 6.45) is 1.52. The van der Waals surface area contributed by atoms with E-state index < -0.39 is 0 Å². The van der Waals surface area contributed by atoms with Crippen LogP contribution in [0, 0.1) is 0 Å². The summed E-state index contributed by atoms with van der Waals surface area (Å²) < 4.78 is 7.90. The molecule has 6 nitrogen and oxygen atoms in total. The number of rotatable bonds is 3. The Bertz CT molecular complexity index is 1030. The summed E-state index contributed by atoms with van der Waals surface area (Å²) in [4.78, 5) is 12.0. The second-order valence-electron chi connectivity index (χ2n) is 6.70. The molecule has 8 heteroatoms. The van der Waals surface area contributed by atoms with Gasteiger partial charge in [0.05, 0.1) is 23.4 Å². The third kappa shape index (κ3) is 3.91. The van der Waals surface area contributed by atoms with Gasteiger partial charge < -0.3 is 15.4 Å². The van der Waals surface area contributed by atoms with Gasteiger partial charge in [0.15, 0.2) is 5.75 Å². The first-order chi connectivity index (χ1) is 14.1. The van der Waals surface area contributed by atoms with Crippen LogP contribution in [0.5, 0.6) is 5.75 Å². The van der Waals surface area contributed by atoms with Crippen LogP contribution in [0.4, 0.5) is 4.79 Å². The number of hydrogen-bond acceptors (Lipinski definition) is 3. The highest BCUT2D eigenvalue weighted by Crippen LogP contribution is 2.42. The van der Waals surface area contributed by atoms with Gasteiger partial charge in [0.2, 0.25) is 0 Å². The van der Waals surface area contributed by atoms with E-state index >= 15 is 0 Å². The molecule has 1 atom stereocenters. The molecule has 3 aromatic rings. The monoisotopic (exact) mass is 430 g/mol. The van der Waals surface area contributed by atoms with Crippen LogP contribution < -0.4 is 15.4 Å². The Morgan fingerprint density at radius 3 is 2.66 bits per heavy atom. The highest BCUT2D eigenvalue weighted by Gasteiger charge is 2.30. The summed E-state index contributed by atoms with van der Waals surface area (Å²) in [5.41, 5.74) is 3.07.